The number of nitrogens with zero attached hydrogens (tertiary/aromatic N) is 1. The van der Waals surface area contributed by atoms with Gasteiger partial charge >= 0.3 is 5.97 Å². The van der Waals surface area contributed by atoms with Gasteiger partial charge in [0.05, 0.1) is 5.52 Å². The molecule has 0 radical (unpaired) electrons. The summed E-state index contributed by atoms with van der Waals surface area (Å²) in [6, 6.07) is 9.86. The highest BCUT2D eigenvalue weighted by atomic mass is 16.4. The topological polar surface area (TPSA) is 50.2 Å². The SMILES string of the molecule is O=C(O)C1=C(c2ccc3ncccc3c2)CCC1. The summed E-state index contributed by atoms with van der Waals surface area (Å²) in [5, 5.41) is 10.2. The average molecular weight is 239 g/mol. The molecular weight excluding hydrogens is 226 g/mol. The second-order valence-electron chi connectivity index (χ2n) is 4.53. The van der Waals surface area contributed by atoms with E-state index in [4.69, 9.17) is 0 Å². The largest absolute Gasteiger partial charge is 0.478 e. The van der Waals surface area contributed by atoms with E-state index in [1.807, 2.05) is 30.3 Å². The van der Waals surface area contributed by atoms with Gasteiger partial charge in [-0.15, -0.1) is 0 Å². The van der Waals surface area contributed by atoms with Crippen molar-refractivity contribution in [3.8, 4) is 0 Å². The Bertz CT molecular complexity index is 658. The van der Waals surface area contributed by atoms with Gasteiger partial charge in [-0.2, -0.15) is 0 Å². The molecule has 1 aromatic carbocycles. The lowest BCUT2D eigenvalue weighted by Crippen LogP contribution is -1.99. The van der Waals surface area contributed by atoms with E-state index in [2.05, 4.69) is 4.98 Å². The van der Waals surface area contributed by atoms with Crippen LogP contribution in [0.15, 0.2) is 42.1 Å². The molecular formula is C15H13NO2. The lowest BCUT2D eigenvalue weighted by molar-refractivity contribution is -0.132. The Morgan fingerprint density at radius 1 is 1.22 bits per heavy atom. The number of aliphatic carboxylic acids is 1. The molecule has 0 spiro atoms. The van der Waals surface area contributed by atoms with Crippen LogP contribution in [0.4, 0.5) is 0 Å². The number of hydrogen-bond donors (Lipinski definition) is 1. The van der Waals surface area contributed by atoms with E-state index in [-0.39, 0.29) is 0 Å². The maximum Gasteiger partial charge on any atom is 0.331 e. The number of rotatable bonds is 2. The molecule has 0 saturated carbocycles. The highest BCUT2D eigenvalue weighted by Crippen LogP contribution is 2.34. The van der Waals surface area contributed by atoms with Crippen LogP contribution in [0, 0.1) is 0 Å². The molecule has 0 saturated heterocycles. The first kappa shape index (κ1) is 11.0. The fraction of sp³-hybridized carbons (Fsp3) is 0.200. The average Bonchev–Trinajstić information content (AvgIpc) is 2.87. The Hall–Kier alpha value is -2.16. The first-order valence-electron chi connectivity index (χ1n) is 6.06. The maximum atomic E-state index is 11.2. The lowest BCUT2D eigenvalue weighted by atomic mass is 10.0. The summed E-state index contributed by atoms with van der Waals surface area (Å²) >= 11 is 0. The summed E-state index contributed by atoms with van der Waals surface area (Å²) in [5.41, 5.74) is 3.51. The van der Waals surface area contributed by atoms with Gasteiger partial charge < -0.3 is 5.11 Å². The minimum Gasteiger partial charge on any atom is -0.478 e. The van der Waals surface area contributed by atoms with E-state index in [0.717, 1.165) is 34.9 Å². The fourth-order valence-electron chi connectivity index (χ4n) is 2.56. The third kappa shape index (κ3) is 1.78. The Labute approximate surface area is 105 Å². The Kier molecular flexibility index (Phi) is 2.59. The van der Waals surface area contributed by atoms with Crippen molar-refractivity contribution < 1.29 is 9.90 Å². The number of carboxylic acids is 1. The van der Waals surface area contributed by atoms with Crippen LogP contribution in [0.25, 0.3) is 16.5 Å². The van der Waals surface area contributed by atoms with Gasteiger partial charge in [0.1, 0.15) is 0 Å². The Balaban J connectivity index is 2.14. The van der Waals surface area contributed by atoms with E-state index in [1.54, 1.807) is 6.20 Å². The molecule has 0 fully saturated rings. The van der Waals surface area contributed by atoms with Gasteiger partial charge in [-0.05, 0) is 48.6 Å². The second-order valence-corrected chi connectivity index (χ2v) is 4.53. The third-order valence-electron chi connectivity index (χ3n) is 3.43. The van der Waals surface area contributed by atoms with Gasteiger partial charge in [0.25, 0.3) is 0 Å². The van der Waals surface area contributed by atoms with Gasteiger partial charge in [0, 0.05) is 17.2 Å². The zero-order valence-corrected chi connectivity index (χ0v) is 9.89. The van der Waals surface area contributed by atoms with Crippen LogP contribution in [-0.2, 0) is 4.79 Å². The van der Waals surface area contributed by atoms with Crippen LogP contribution in [0.1, 0.15) is 24.8 Å². The van der Waals surface area contributed by atoms with E-state index in [1.165, 1.54) is 0 Å². The second kappa shape index (κ2) is 4.26. The first-order valence-corrected chi connectivity index (χ1v) is 6.06. The van der Waals surface area contributed by atoms with E-state index in [9.17, 15) is 9.90 Å². The molecule has 1 N–H and O–H groups in total. The van der Waals surface area contributed by atoms with Gasteiger partial charge in [-0.1, -0.05) is 12.1 Å². The molecule has 3 heteroatoms. The molecule has 0 unspecified atom stereocenters. The minimum atomic E-state index is -0.784. The molecule has 2 aromatic rings. The summed E-state index contributed by atoms with van der Waals surface area (Å²) in [4.78, 5) is 15.4. The van der Waals surface area contributed by atoms with Crippen molar-refractivity contribution in [1.82, 2.24) is 4.98 Å². The monoisotopic (exact) mass is 239 g/mol. The van der Waals surface area contributed by atoms with Gasteiger partial charge in [0.15, 0.2) is 0 Å². The minimum absolute atomic E-state index is 0.568. The van der Waals surface area contributed by atoms with Gasteiger partial charge in [-0.25, -0.2) is 4.79 Å². The molecule has 0 bridgehead atoms. The van der Waals surface area contributed by atoms with Crippen LogP contribution >= 0.6 is 0 Å². The van der Waals surface area contributed by atoms with Crippen LogP contribution in [0.5, 0.6) is 0 Å². The predicted molar refractivity (Wildman–Crippen MR) is 70.1 cm³/mol. The maximum absolute atomic E-state index is 11.2. The van der Waals surface area contributed by atoms with Crippen molar-refractivity contribution in [2.45, 2.75) is 19.3 Å². The molecule has 18 heavy (non-hydrogen) atoms. The quantitative estimate of drug-likeness (QED) is 0.875. The summed E-state index contributed by atoms with van der Waals surface area (Å²) < 4.78 is 0. The summed E-state index contributed by atoms with van der Waals surface area (Å²) in [6.45, 7) is 0. The fourth-order valence-corrected chi connectivity index (χ4v) is 2.56. The van der Waals surface area contributed by atoms with Crippen molar-refractivity contribution in [2.24, 2.45) is 0 Å². The molecule has 1 aliphatic carbocycles. The normalized spacial score (nSPS) is 15.3. The van der Waals surface area contributed by atoms with Crippen molar-refractivity contribution >= 4 is 22.4 Å². The summed E-state index contributed by atoms with van der Waals surface area (Å²) in [7, 11) is 0. The van der Waals surface area contributed by atoms with E-state index in [0.29, 0.717) is 12.0 Å². The van der Waals surface area contributed by atoms with Crippen molar-refractivity contribution in [3.63, 3.8) is 0 Å². The standard InChI is InChI=1S/C15H13NO2/c17-15(18)13-5-1-4-12(13)10-6-7-14-11(9-10)3-2-8-16-14/h2-3,6-9H,1,4-5H2,(H,17,18). The Morgan fingerprint density at radius 2 is 2.11 bits per heavy atom. The molecule has 3 rings (SSSR count). The van der Waals surface area contributed by atoms with Crippen molar-refractivity contribution in [3.05, 3.63) is 47.7 Å². The predicted octanol–water partition coefficient (Wildman–Crippen LogP) is 3.26. The van der Waals surface area contributed by atoms with Crippen molar-refractivity contribution in [2.75, 3.05) is 0 Å². The van der Waals surface area contributed by atoms with E-state index < -0.39 is 5.97 Å². The summed E-state index contributed by atoms with van der Waals surface area (Å²) in [5.74, 6) is -0.784. The number of fused-ring (bicyclic) bond motifs is 1. The number of pyridine rings is 1. The molecule has 0 aliphatic heterocycles. The summed E-state index contributed by atoms with van der Waals surface area (Å²) in [6.07, 6.45) is 4.23. The molecule has 1 aliphatic rings. The smallest absolute Gasteiger partial charge is 0.331 e. The molecule has 90 valence electrons. The number of allylic oxidation sites excluding steroid dienone is 1. The lowest BCUT2D eigenvalue weighted by Gasteiger charge is -2.06. The number of hydrogen-bond acceptors (Lipinski definition) is 2. The van der Waals surface area contributed by atoms with Crippen molar-refractivity contribution in [1.29, 1.82) is 0 Å². The molecule has 1 aromatic heterocycles. The molecule has 1 heterocycles. The Morgan fingerprint density at radius 3 is 2.94 bits per heavy atom. The highest BCUT2D eigenvalue weighted by molar-refractivity contribution is 5.98. The third-order valence-corrected chi connectivity index (χ3v) is 3.43. The van der Waals surface area contributed by atoms with Gasteiger partial charge in [-0.3, -0.25) is 4.98 Å². The number of benzene rings is 1. The first-order chi connectivity index (χ1) is 8.75. The molecule has 0 amide bonds. The van der Waals surface area contributed by atoms with Crippen LogP contribution in [0.2, 0.25) is 0 Å². The number of carboxylic acid groups (broad SMARTS) is 1. The zero-order valence-electron chi connectivity index (χ0n) is 9.89. The molecule has 3 nitrogen and oxygen atoms in total. The highest BCUT2D eigenvalue weighted by Gasteiger charge is 2.21. The van der Waals surface area contributed by atoms with Crippen LogP contribution < -0.4 is 0 Å². The van der Waals surface area contributed by atoms with Gasteiger partial charge in [0.2, 0.25) is 0 Å². The van der Waals surface area contributed by atoms with Crippen LogP contribution in [0.3, 0.4) is 0 Å². The number of carbonyl (C=O) groups is 1. The zero-order chi connectivity index (χ0) is 12.5. The molecule has 0 atom stereocenters. The van der Waals surface area contributed by atoms with E-state index >= 15 is 0 Å². The number of aromatic nitrogens is 1. The van der Waals surface area contributed by atoms with Crippen LogP contribution in [-0.4, -0.2) is 16.1 Å².